The Hall–Kier alpha value is -2.55. The summed E-state index contributed by atoms with van der Waals surface area (Å²) in [6.07, 6.45) is 0. The summed E-state index contributed by atoms with van der Waals surface area (Å²) in [6.45, 7) is 2.04. The van der Waals surface area contributed by atoms with Crippen LogP contribution < -0.4 is 10.1 Å². The number of thioether (sulfide) groups is 1. The van der Waals surface area contributed by atoms with Crippen LogP contribution >= 0.6 is 34.7 Å². The van der Waals surface area contributed by atoms with Crippen LogP contribution in [0.4, 0.5) is 10.5 Å². The molecular formula is C21H20ClN3O3S2. The van der Waals surface area contributed by atoms with Gasteiger partial charge < -0.3 is 15.0 Å². The van der Waals surface area contributed by atoms with Gasteiger partial charge in [0.1, 0.15) is 22.2 Å². The van der Waals surface area contributed by atoms with Gasteiger partial charge >= 0.3 is 0 Å². The van der Waals surface area contributed by atoms with Gasteiger partial charge in [0.2, 0.25) is 0 Å². The van der Waals surface area contributed by atoms with Crippen LogP contribution in [0.15, 0.2) is 53.4 Å². The lowest BCUT2D eigenvalue weighted by molar-refractivity contribution is 0.102. The monoisotopic (exact) mass is 461 g/mol. The second kappa shape index (κ2) is 9.97. The van der Waals surface area contributed by atoms with Crippen molar-refractivity contribution in [3.8, 4) is 5.75 Å². The third-order valence-electron chi connectivity index (χ3n) is 3.92. The van der Waals surface area contributed by atoms with E-state index < -0.39 is 0 Å². The van der Waals surface area contributed by atoms with Gasteiger partial charge in [-0.1, -0.05) is 23.7 Å². The van der Waals surface area contributed by atoms with Crippen LogP contribution in [0.5, 0.6) is 5.75 Å². The Morgan fingerprint density at radius 3 is 2.57 bits per heavy atom. The van der Waals surface area contributed by atoms with Gasteiger partial charge in [-0.2, -0.15) is 0 Å². The average molecular weight is 462 g/mol. The molecule has 0 aliphatic heterocycles. The van der Waals surface area contributed by atoms with Crippen molar-refractivity contribution in [3.63, 3.8) is 0 Å². The number of aromatic nitrogens is 1. The number of carbonyl (C=O) groups excluding carboxylic acids is 2. The van der Waals surface area contributed by atoms with Crippen LogP contribution in [0.25, 0.3) is 0 Å². The Morgan fingerprint density at radius 1 is 1.17 bits per heavy atom. The molecule has 0 atom stereocenters. The largest absolute Gasteiger partial charge is 0.486 e. The van der Waals surface area contributed by atoms with Crippen molar-refractivity contribution in [3.05, 3.63) is 69.1 Å². The highest BCUT2D eigenvalue weighted by molar-refractivity contribution is 8.13. The maximum Gasteiger partial charge on any atom is 0.286 e. The Morgan fingerprint density at radius 2 is 1.87 bits per heavy atom. The number of hydrogen-bond acceptors (Lipinski definition) is 6. The van der Waals surface area contributed by atoms with E-state index in [0.717, 1.165) is 11.8 Å². The van der Waals surface area contributed by atoms with Gasteiger partial charge in [0.15, 0.2) is 0 Å². The van der Waals surface area contributed by atoms with Crippen molar-refractivity contribution >= 4 is 51.5 Å². The van der Waals surface area contributed by atoms with E-state index in [1.807, 2.05) is 12.1 Å². The molecule has 0 radical (unpaired) electrons. The molecule has 1 aromatic heterocycles. The van der Waals surface area contributed by atoms with E-state index in [1.165, 1.54) is 16.2 Å². The zero-order valence-corrected chi connectivity index (χ0v) is 19.0. The van der Waals surface area contributed by atoms with Gasteiger partial charge in [0.05, 0.1) is 11.4 Å². The van der Waals surface area contributed by atoms with E-state index in [1.54, 1.807) is 57.4 Å². The molecule has 0 saturated heterocycles. The highest BCUT2D eigenvalue weighted by Gasteiger charge is 2.18. The summed E-state index contributed by atoms with van der Waals surface area (Å²) in [7, 11) is 3.37. The number of ether oxygens (including phenoxy) is 1. The van der Waals surface area contributed by atoms with Crippen molar-refractivity contribution in [2.45, 2.75) is 18.4 Å². The topological polar surface area (TPSA) is 71.5 Å². The molecule has 9 heteroatoms. The Kier molecular flexibility index (Phi) is 7.36. The summed E-state index contributed by atoms with van der Waals surface area (Å²) in [6, 6.07) is 14.3. The van der Waals surface area contributed by atoms with E-state index in [2.05, 4.69) is 10.3 Å². The van der Waals surface area contributed by atoms with E-state index in [-0.39, 0.29) is 17.8 Å². The third kappa shape index (κ3) is 5.75. The van der Waals surface area contributed by atoms with E-state index >= 15 is 0 Å². The van der Waals surface area contributed by atoms with Crippen LogP contribution in [0.2, 0.25) is 5.02 Å². The molecule has 156 valence electrons. The predicted molar refractivity (Wildman–Crippen MR) is 122 cm³/mol. The standard InChI is InChI=1S/C21H20ClN3O3S2/c1-13-19(30-18(23-13)12-28-15-10-8-14(22)9-11-15)20(26)24-16-6-4-5-7-17(16)29-21(27)25(2)3/h4-11H,12H2,1-3H3,(H,24,26). The quantitative estimate of drug-likeness (QED) is 0.476. The molecule has 2 amide bonds. The van der Waals surface area contributed by atoms with Crippen LogP contribution in [-0.2, 0) is 6.61 Å². The number of para-hydroxylation sites is 1. The molecule has 30 heavy (non-hydrogen) atoms. The van der Waals surface area contributed by atoms with Crippen LogP contribution in [0.1, 0.15) is 20.4 Å². The number of nitrogens with one attached hydrogen (secondary N) is 1. The summed E-state index contributed by atoms with van der Waals surface area (Å²) in [5.74, 6) is 0.405. The lowest BCUT2D eigenvalue weighted by Crippen LogP contribution is -2.17. The van der Waals surface area contributed by atoms with Crippen molar-refractivity contribution in [1.29, 1.82) is 0 Å². The first-order valence-electron chi connectivity index (χ1n) is 8.97. The Bertz CT molecular complexity index is 1050. The first kappa shape index (κ1) is 22.1. The minimum absolute atomic E-state index is 0.118. The van der Waals surface area contributed by atoms with Gasteiger partial charge in [0.25, 0.3) is 11.1 Å². The van der Waals surface area contributed by atoms with Crippen LogP contribution in [0.3, 0.4) is 0 Å². The summed E-state index contributed by atoms with van der Waals surface area (Å²) in [5, 5.41) is 4.10. The fraction of sp³-hybridized carbons (Fsp3) is 0.190. The first-order valence-corrected chi connectivity index (χ1v) is 11.0. The molecular weight excluding hydrogens is 442 g/mol. The highest BCUT2D eigenvalue weighted by Crippen LogP contribution is 2.30. The normalized spacial score (nSPS) is 10.5. The molecule has 1 N–H and O–H groups in total. The molecule has 0 aliphatic carbocycles. The molecule has 0 aliphatic rings. The minimum Gasteiger partial charge on any atom is -0.486 e. The number of carbonyl (C=O) groups is 2. The zero-order chi connectivity index (χ0) is 21.7. The number of benzene rings is 2. The molecule has 3 rings (SSSR count). The number of nitrogens with zero attached hydrogens (tertiary/aromatic N) is 2. The maximum absolute atomic E-state index is 12.8. The Balaban J connectivity index is 1.69. The number of amides is 2. The third-order valence-corrected chi connectivity index (χ3v) is 6.42. The average Bonchev–Trinajstić information content (AvgIpc) is 3.09. The number of hydrogen-bond donors (Lipinski definition) is 1. The van der Waals surface area contributed by atoms with Gasteiger partial charge in [-0.25, -0.2) is 4.98 Å². The van der Waals surface area contributed by atoms with Crippen molar-refractivity contribution in [2.24, 2.45) is 0 Å². The highest BCUT2D eigenvalue weighted by atomic mass is 35.5. The van der Waals surface area contributed by atoms with Crippen molar-refractivity contribution in [1.82, 2.24) is 9.88 Å². The molecule has 0 bridgehead atoms. The van der Waals surface area contributed by atoms with Crippen LogP contribution in [-0.4, -0.2) is 35.1 Å². The summed E-state index contributed by atoms with van der Waals surface area (Å²) in [5.41, 5.74) is 1.20. The summed E-state index contributed by atoms with van der Waals surface area (Å²) < 4.78 is 5.71. The lowest BCUT2D eigenvalue weighted by atomic mass is 10.3. The van der Waals surface area contributed by atoms with E-state index in [9.17, 15) is 9.59 Å². The van der Waals surface area contributed by atoms with E-state index in [4.69, 9.17) is 16.3 Å². The SMILES string of the molecule is Cc1nc(COc2ccc(Cl)cc2)sc1C(=O)Nc1ccccc1SC(=O)N(C)C. The zero-order valence-electron chi connectivity index (χ0n) is 16.6. The molecule has 0 saturated carbocycles. The predicted octanol–water partition coefficient (Wildman–Crippen LogP) is 5.71. The number of halogens is 1. The molecule has 0 fully saturated rings. The molecule has 0 unspecified atom stereocenters. The fourth-order valence-corrected chi connectivity index (χ4v) is 4.17. The van der Waals surface area contributed by atoms with Crippen LogP contribution in [0, 0.1) is 6.92 Å². The molecule has 3 aromatic rings. The van der Waals surface area contributed by atoms with Gasteiger partial charge in [-0.15, -0.1) is 11.3 Å². The minimum atomic E-state index is -0.270. The molecule has 0 spiro atoms. The van der Waals surface area contributed by atoms with Crippen molar-refractivity contribution in [2.75, 3.05) is 19.4 Å². The van der Waals surface area contributed by atoms with Gasteiger partial charge in [0, 0.05) is 24.0 Å². The molecule has 6 nitrogen and oxygen atoms in total. The van der Waals surface area contributed by atoms with E-state index in [0.29, 0.717) is 36.9 Å². The second-order valence-corrected chi connectivity index (χ2v) is 8.99. The number of anilines is 1. The van der Waals surface area contributed by atoms with Gasteiger partial charge in [-0.05, 0) is 55.1 Å². The number of aryl methyl sites for hydroxylation is 1. The smallest absolute Gasteiger partial charge is 0.286 e. The number of rotatable bonds is 6. The Labute approximate surface area is 188 Å². The first-order chi connectivity index (χ1) is 14.3. The number of thiazole rings is 1. The molecule has 2 aromatic carbocycles. The summed E-state index contributed by atoms with van der Waals surface area (Å²) in [4.78, 5) is 32.0. The van der Waals surface area contributed by atoms with Gasteiger partial charge in [-0.3, -0.25) is 9.59 Å². The lowest BCUT2D eigenvalue weighted by Gasteiger charge is -2.12. The molecule has 1 heterocycles. The summed E-state index contributed by atoms with van der Waals surface area (Å²) >= 11 is 8.22. The van der Waals surface area contributed by atoms with Crippen molar-refractivity contribution < 1.29 is 14.3 Å². The fourth-order valence-electron chi connectivity index (χ4n) is 2.42. The second-order valence-electron chi connectivity index (χ2n) is 6.48. The maximum atomic E-state index is 12.8.